The van der Waals surface area contributed by atoms with Crippen molar-refractivity contribution in [1.29, 1.82) is 0 Å². The number of amides is 1. The standard InChI is InChI=1S/C16H14FNO/c1-12-3-2-4-13(11-12)5-10-16(19)18-15-8-6-14(17)7-9-15/h2-11H,1H3,(H,18,19)/b10-5+. The Morgan fingerprint density at radius 2 is 1.89 bits per heavy atom. The number of nitrogens with one attached hydrogen (secondary N) is 1. The minimum absolute atomic E-state index is 0.242. The van der Waals surface area contributed by atoms with Crippen molar-refractivity contribution in [2.75, 3.05) is 5.32 Å². The highest BCUT2D eigenvalue weighted by atomic mass is 19.1. The third-order valence-electron chi connectivity index (χ3n) is 2.58. The highest BCUT2D eigenvalue weighted by Gasteiger charge is 1.98. The Morgan fingerprint density at radius 1 is 1.16 bits per heavy atom. The van der Waals surface area contributed by atoms with Gasteiger partial charge < -0.3 is 5.32 Å². The summed E-state index contributed by atoms with van der Waals surface area (Å²) in [6.07, 6.45) is 3.20. The summed E-state index contributed by atoms with van der Waals surface area (Å²) in [6, 6.07) is 13.5. The van der Waals surface area contributed by atoms with Gasteiger partial charge in [-0.1, -0.05) is 29.8 Å². The van der Waals surface area contributed by atoms with E-state index >= 15 is 0 Å². The lowest BCUT2D eigenvalue weighted by Gasteiger charge is -2.01. The number of anilines is 1. The van der Waals surface area contributed by atoms with Crippen molar-refractivity contribution in [3.05, 3.63) is 71.6 Å². The Morgan fingerprint density at radius 3 is 2.58 bits per heavy atom. The maximum atomic E-state index is 12.7. The minimum Gasteiger partial charge on any atom is -0.323 e. The molecule has 0 aliphatic heterocycles. The summed E-state index contributed by atoms with van der Waals surface area (Å²) in [7, 11) is 0. The zero-order valence-corrected chi connectivity index (χ0v) is 10.6. The Hall–Kier alpha value is -2.42. The van der Waals surface area contributed by atoms with E-state index in [0.717, 1.165) is 11.1 Å². The Labute approximate surface area is 111 Å². The Kier molecular flexibility index (Phi) is 4.08. The van der Waals surface area contributed by atoms with Gasteiger partial charge in [-0.15, -0.1) is 0 Å². The molecule has 0 saturated heterocycles. The normalized spacial score (nSPS) is 10.6. The number of rotatable bonds is 3. The number of benzene rings is 2. The molecule has 0 radical (unpaired) electrons. The summed E-state index contributed by atoms with van der Waals surface area (Å²) < 4.78 is 12.7. The lowest BCUT2D eigenvalue weighted by Crippen LogP contribution is -2.07. The van der Waals surface area contributed by atoms with E-state index in [2.05, 4.69) is 5.32 Å². The van der Waals surface area contributed by atoms with Gasteiger partial charge in [0.15, 0.2) is 0 Å². The van der Waals surface area contributed by atoms with Crippen LogP contribution in [0, 0.1) is 12.7 Å². The van der Waals surface area contributed by atoms with Crippen molar-refractivity contribution in [2.24, 2.45) is 0 Å². The van der Waals surface area contributed by atoms with Crippen molar-refractivity contribution < 1.29 is 9.18 Å². The monoisotopic (exact) mass is 255 g/mol. The van der Waals surface area contributed by atoms with Gasteiger partial charge in [-0.3, -0.25) is 4.79 Å². The second-order valence-corrected chi connectivity index (χ2v) is 4.24. The molecule has 19 heavy (non-hydrogen) atoms. The molecule has 0 aliphatic rings. The van der Waals surface area contributed by atoms with Crippen LogP contribution in [-0.2, 0) is 4.79 Å². The average molecular weight is 255 g/mol. The molecular weight excluding hydrogens is 241 g/mol. The van der Waals surface area contributed by atoms with Crippen LogP contribution in [0.3, 0.4) is 0 Å². The predicted octanol–water partition coefficient (Wildman–Crippen LogP) is 3.79. The van der Waals surface area contributed by atoms with Crippen LogP contribution in [0.4, 0.5) is 10.1 Å². The number of aryl methyl sites for hydroxylation is 1. The Bertz CT molecular complexity index is 602. The highest BCUT2D eigenvalue weighted by molar-refractivity contribution is 6.01. The molecule has 2 rings (SSSR count). The lowest BCUT2D eigenvalue weighted by molar-refractivity contribution is -0.111. The van der Waals surface area contributed by atoms with Gasteiger partial charge in [0.05, 0.1) is 0 Å². The van der Waals surface area contributed by atoms with E-state index in [1.165, 1.54) is 30.3 Å². The van der Waals surface area contributed by atoms with Crippen molar-refractivity contribution in [3.63, 3.8) is 0 Å². The summed E-state index contributed by atoms with van der Waals surface area (Å²) in [4.78, 5) is 11.7. The van der Waals surface area contributed by atoms with Gasteiger partial charge in [-0.2, -0.15) is 0 Å². The van der Waals surface area contributed by atoms with Gasteiger partial charge >= 0.3 is 0 Å². The van der Waals surface area contributed by atoms with Gasteiger partial charge in [-0.25, -0.2) is 4.39 Å². The van der Waals surface area contributed by atoms with Gasteiger partial charge in [0.25, 0.3) is 0 Å². The van der Waals surface area contributed by atoms with Crippen LogP contribution in [0.1, 0.15) is 11.1 Å². The first-order valence-corrected chi connectivity index (χ1v) is 5.95. The SMILES string of the molecule is Cc1cccc(/C=C/C(=O)Nc2ccc(F)cc2)c1. The average Bonchev–Trinajstić information content (AvgIpc) is 2.39. The molecule has 96 valence electrons. The maximum absolute atomic E-state index is 12.7. The molecule has 2 nitrogen and oxygen atoms in total. The van der Waals surface area contributed by atoms with Crippen LogP contribution >= 0.6 is 0 Å². The molecule has 0 heterocycles. The van der Waals surface area contributed by atoms with Crippen LogP contribution in [0.25, 0.3) is 6.08 Å². The molecule has 1 N–H and O–H groups in total. The first-order chi connectivity index (χ1) is 9.13. The highest BCUT2D eigenvalue weighted by Crippen LogP contribution is 2.09. The second kappa shape index (κ2) is 5.96. The maximum Gasteiger partial charge on any atom is 0.248 e. The molecule has 0 bridgehead atoms. The van der Waals surface area contributed by atoms with Crippen LogP contribution in [0.15, 0.2) is 54.6 Å². The fourth-order valence-corrected chi connectivity index (χ4v) is 1.66. The molecule has 1 amide bonds. The van der Waals surface area contributed by atoms with E-state index in [9.17, 15) is 9.18 Å². The third kappa shape index (κ3) is 4.07. The summed E-state index contributed by atoms with van der Waals surface area (Å²) in [5.41, 5.74) is 2.68. The molecule has 0 unspecified atom stereocenters. The quantitative estimate of drug-likeness (QED) is 0.831. The number of carbonyl (C=O) groups excluding carboxylic acids is 1. The van der Waals surface area contributed by atoms with Gasteiger partial charge in [-0.05, 0) is 42.8 Å². The van der Waals surface area contributed by atoms with E-state index < -0.39 is 0 Å². The largest absolute Gasteiger partial charge is 0.323 e. The molecule has 0 atom stereocenters. The minimum atomic E-state index is -0.326. The Balaban J connectivity index is 1.99. The molecule has 0 saturated carbocycles. The van der Waals surface area contributed by atoms with Crippen LogP contribution in [0.2, 0.25) is 0 Å². The summed E-state index contributed by atoms with van der Waals surface area (Å²) in [5.74, 6) is -0.568. The second-order valence-electron chi connectivity index (χ2n) is 4.24. The molecule has 0 aliphatic carbocycles. The fourth-order valence-electron chi connectivity index (χ4n) is 1.66. The summed E-state index contributed by atoms with van der Waals surface area (Å²) in [6.45, 7) is 2.00. The van der Waals surface area contributed by atoms with Crippen molar-refractivity contribution in [3.8, 4) is 0 Å². The van der Waals surface area contributed by atoms with E-state index in [4.69, 9.17) is 0 Å². The predicted molar refractivity (Wildman–Crippen MR) is 75.2 cm³/mol. The van der Waals surface area contributed by atoms with Crippen molar-refractivity contribution >= 4 is 17.7 Å². The number of carbonyl (C=O) groups is 1. The number of hydrogen-bond donors (Lipinski definition) is 1. The van der Waals surface area contributed by atoms with Crippen molar-refractivity contribution in [2.45, 2.75) is 6.92 Å². The zero-order valence-electron chi connectivity index (χ0n) is 10.6. The molecule has 0 fully saturated rings. The van der Waals surface area contributed by atoms with Gasteiger partial charge in [0, 0.05) is 11.8 Å². The molecular formula is C16H14FNO. The first kappa shape index (κ1) is 13.0. The first-order valence-electron chi connectivity index (χ1n) is 5.95. The molecule has 2 aromatic rings. The van der Waals surface area contributed by atoms with E-state index in [0.29, 0.717) is 5.69 Å². The lowest BCUT2D eigenvalue weighted by atomic mass is 10.1. The summed E-state index contributed by atoms with van der Waals surface area (Å²) >= 11 is 0. The van der Waals surface area contributed by atoms with E-state index in [1.54, 1.807) is 6.08 Å². The van der Waals surface area contributed by atoms with E-state index in [-0.39, 0.29) is 11.7 Å². The van der Waals surface area contributed by atoms with Gasteiger partial charge in [0.2, 0.25) is 5.91 Å². The smallest absolute Gasteiger partial charge is 0.248 e. The van der Waals surface area contributed by atoms with E-state index in [1.807, 2.05) is 31.2 Å². The van der Waals surface area contributed by atoms with Crippen LogP contribution < -0.4 is 5.32 Å². The van der Waals surface area contributed by atoms with Crippen LogP contribution in [-0.4, -0.2) is 5.91 Å². The molecule has 2 aromatic carbocycles. The fraction of sp³-hybridized carbons (Fsp3) is 0.0625. The molecule has 3 heteroatoms. The molecule has 0 spiro atoms. The third-order valence-corrected chi connectivity index (χ3v) is 2.58. The summed E-state index contributed by atoms with van der Waals surface area (Å²) in [5, 5.41) is 2.66. The number of halogens is 1. The number of hydrogen-bond acceptors (Lipinski definition) is 1. The van der Waals surface area contributed by atoms with Crippen molar-refractivity contribution in [1.82, 2.24) is 0 Å². The zero-order chi connectivity index (χ0) is 13.7. The van der Waals surface area contributed by atoms with Crippen LogP contribution in [0.5, 0.6) is 0 Å². The molecule has 0 aromatic heterocycles. The topological polar surface area (TPSA) is 29.1 Å². The van der Waals surface area contributed by atoms with Gasteiger partial charge in [0.1, 0.15) is 5.82 Å².